The van der Waals surface area contributed by atoms with Crippen LogP contribution in [-0.4, -0.2) is 0 Å². The van der Waals surface area contributed by atoms with Gasteiger partial charge in [0.1, 0.15) is 11.6 Å². The van der Waals surface area contributed by atoms with Crippen LogP contribution in [0, 0.1) is 17.6 Å². The fourth-order valence-electron chi connectivity index (χ4n) is 4.17. The lowest BCUT2D eigenvalue weighted by Gasteiger charge is -2.29. The zero-order valence-electron chi connectivity index (χ0n) is 16.3. The van der Waals surface area contributed by atoms with E-state index in [0.717, 1.165) is 17.5 Å². The van der Waals surface area contributed by atoms with E-state index in [0.29, 0.717) is 11.5 Å². The van der Waals surface area contributed by atoms with E-state index in [2.05, 4.69) is 31.2 Å². The molecule has 0 amide bonds. The average Bonchev–Trinajstić information content (AvgIpc) is 2.69. The molecule has 0 bridgehead atoms. The zero-order chi connectivity index (χ0) is 19.1. The second kappa shape index (κ2) is 9.82. The van der Waals surface area contributed by atoms with Gasteiger partial charge in [-0.2, -0.15) is 0 Å². The van der Waals surface area contributed by atoms with Gasteiger partial charge in [-0.3, -0.25) is 0 Å². The van der Waals surface area contributed by atoms with E-state index in [-0.39, 0.29) is 0 Å². The molecule has 0 saturated heterocycles. The monoisotopic (exact) mass is 368 g/mol. The largest absolute Gasteiger partial charge is 0.207 e. The van der Waals surface area contributed by atoms with E-state index in [1.807, 2.05) is 6.08 Å². The molecule has 3 rings (SSSR count). The van der Waals surface area contributed by atoms with E-state index >= 15 is 0 Å². The van der Waals surface area contributed by atoms with E-state index in [1.165, 1.54) is 69.1 Å². The average molecular weight is 369 g/mol. The summed E-state index contributed by atoms with van der Waals surface area (Å²) in [5.74, 6) is 0.535. The van der Waals surface area contributed by atoms with Gasteiger partial charge in [0.25, 0.3) is 0 Å². The van der Waals surface area contributed by atoms with Crippen molar-refractivity contribution in [3.8, 4) is 0 Å². The van der Waals surface area contributed by atoms with Gasteiger partial charge in [0.05, 0.1) is 0 Å². The van der Waals surface area contributed by atoms with Gasteiger partial charge in [-0.05, 0) is 60.8 Å². The molecule has 0 radical (unpaired) electrons. The Bertz CT molecular complexity index is 737. The zero-order valence-corrected chi connectivity index (χ0v) is 16.3. The number of hydrogen-bond donors (Lipinski definition) is 0. The quantitative estimate of drug-likeness (QED) is 0.343. The molecule has 0 atom stereocenters. The van der Waals surface area contributed by atoms with Crippen molar-refractivity contribution in [1.29, 1.82) is 0 Å². The maximum Gasteiger partial charge on any atom is 0.133 e. The van der Waals surface area contributed by atoms with E-state index in [4.69, 9.17) is 0 Å². The van der Waals surface area contributed by atoms with Crippen LogP contribution in [0.5, 0.6) is 0 Å². The molecule has 144 valence electrons. The second-order valence-corrected chi connectivity index (χ2v) is 7.88. The summed E-state index contributed by atoms with van der Waals surface area (Å²) in [5, 5.41) is 0. The summed E-state index contributed by atoms with van der Waals surface area (Å²) < 4.78 is 26.7. The molecule has 1 aliphatic carbocycles. The molecular weight excluding hydrogens is 338 g/mol. The Morgan fingerprint density at radius 3 is 2.30 bits per heavy atom. The van der Waals surface area contributed by atoms with E-state index in [9.17, 15) is 8.78 Å². The van der Waals surface area contributed by atoms with Gasteiger partial charge < -0.3 is 0 Å². The number of rotatable bonds is 7. The molecule has 1 aliphatic rings. The lowest BCUT2D eigenvalue weighted by atomic mass is 9.77. The first kappa shape index (κ1) is 19.8. The lowest BCUT2D eigenvalue weighted by molar-refractivity contribution is 0.303. The highest BCUT2D eigenvalue weighted by molar-refractivity contribution is 5.69. The molecule has 1 fully saturated rings. The van der Waals surface area contributed by atoms with Crippen LogP contribution in [0.15, 0.2) is 42.5 Å². The van der Waals surface area contributed by atoms with Crippen LogP contribution in [-0.2, 0) is 0 Å². The summed E-state index contributed by atoms with van der Waals surface area (Å²) in [6, 6.07) is 12.3. The number of hydrogen-bond acceptors (Lipinski definition) is 0. The summed E-state index contributed by atoms with van der Waals surface area (Å²) in [7, 11) is 0. The van der Waals surface area contributed by atoms with Crippen LogP contribution < -0.4 is 0 Å². The Hall–Kier alpha value is -1.96. The molecule has 0 aliphatic heterocycles. The summed E-state index contributed by atoms with van der Waals surface area (Å²) in [6.45, 7) is 2.27. The molecule has 27 heavy (non-hydrogen) atoms. The number of benzene rings is 2. The maximum absolute atomic E-state index is 13.7. The highest BCUT2D eigenvalue weighted by Gasteiger charge is 2.21. The Morgan fingerprint density at radius 1 is 0.889 bits per heavy atom. The molecule has 0 spiro atoms. The van der Waals surface area contributed by atoms with Crippen LogP contribution in [0.3, 0.4) is 0 Å². The van der Waals surface area contributed by atoms with Crippen molar-refractivity contribution >= 4 is 12.2 Å². The molecule has 1 saturated carbocycles. The molecule has 0 aromatic heterocycles. The third-order valence-corrected chi connectivity index (χ3v) is 5.89. The highest BCUT2D eigenvalue weighted by Crippen LogP contribution is 2.37. The van der Waals surface area contributed by atoms with Crippen LogP contribution in [0.4, 0.5) is 8.78 Å². The smallest absolute Gasteiger partial charge is 0.133 e. The predicted molar refractivity (Wildman–Crippen MR) is 111 cm³/mol. The third kappa shape index (κ3) is 5.76. The van der Waals surface area contributed by atoms with Crippen molar-refractivity contribution in [2.24, 2.45) is 5.92 Å². The predicted octanol–water partition coefficient (Wildman–Crippen LogP) is 7.99. The SMILES string of the molecule is CCCCCC1CCC(c2ccc(C=Cc3ccc(F)cc3F)cc2)CC1. The minimum Gasteiger partial charge on any atom is -0.207 e. The summed E-state index contributed by atoms with van der Waals surface area (Å²) in [5.41, 5.74) is 2.87. The fraction of sp³-hybridized carbons (Fsp3) is 0.440. The first-order valence-electron chi connectivity index (χ1n) is 10.4. The second-order valence-electron chi connectivity index (χ2n) is 7.88. The molecule has 0 unspecified atom stereocenters. The van der Waals surface area contributed by atoms with Gasteiger partial charge in [0, 0.05) is 11.6 Å². The first-order chi connectivity index (χ1) is 13.2. The van der Waals surface area contributed by atoms with Crippen LogP contribution in [0.2, 0.25) is 0 Å². The van der Waals surface area contributed by atoms with Crippen LogP contribution >= 0.6 is 0 Å². The van der Waals surface area contributed by atoms with Gasteiger partial charge in [-0.1, -0.05) is 69.0 Å². The van der Waals surface area contributed by atoms with Crippen LogP contribution in [0.25, 0.3) is 12.2 Å². The standard InChI is InChI=1S/C25H30F2/c1-2-3-4-5-19-6-11-21(12-7-19)22-13-8-20(9-14-22)10-15-23-16-17-24(26)18-25(23)27/h8-10,13-19,21H,2-7,11-12H2,1H3. The van der Waals surface area contributed by atoms with Gasteiger partial charge in [-0.15, -0.1) is 0 Å². The fourth-order valence-corrected chi connectivity index (χ4v) is 4.17. The van der Waals surface area contributed by atoms with Gasteiger partial charge in [-0.25, -0.2) is 8.78 Å². The molecule has 2 heteroatoms. The number of unbranched alkanes of at least 4 members (excludes halogenated alkanes) is 2. The minimum atomic E-state index is -0.547. The Labute approximate surface area is 162 Å². The van der Waals surface area contributed by atoms with Gasteiger partial charge >= 0.3 is 0 Å². The molecule has 2 aromatic rings. The Morgan fingerprint density at radius 2 is 1.63 bits per heavy atom. The van der Waals surface area contributed by atoms with Crippen molar-refractivity contribution in [2.45, 2.75) is 64.2 Å². The number of halogens is 2. The summed E-state index contributed by atoms with van der Waals surface area (Å²) in [4.78, 5) is 0. The normalized spacial score (nSPS) is 20.3. The minimum absolute atomic E-state index is 0.405. The molecule has 0 heterocycles. The summed E-state index contributed by atoms with van der Waals surface area (Å²) >= 11 is 0. The Balaban J connectivity index is 1.54. The van der Waals surface area contributed by atoms with Crippen molar-refractivity contribution < 1.29 is 8.78 Å². The molecule has 0 N–H and O–H groups in total. The van der Waals surface area contributed by atoms with Gasteiger partial charge in [0.15, 0.2) is 0 Å². The summed E-state index contributed by atoms with van der Waals surface area (Å²) in [6.07, 6.45) is 14.4. The first-order valence-corrected chi connectivity index (χ1v) is 10.4. The molecule has 2 aromatic carbocycles. The highest BCUT2D eigenvalue weighted by atomic mass is 19.1. The van der Waals surface area contributed by atoms with Crippen molar-refractivity contribution in [3.63, 3.8) is 0 Å². The lowest BCUT2D eigenvalue weighted by Crippen LogP contribution is -2.13. The van der Waals surface area contributed by atoms with E-state index < -0.39 is 11.6 Å². The van der Waals surface area contributed by atoms with Crippen molar-refractivity contribution in [2.75, 3.05) is 0 Å². The van der Waals surface area contributed by atoms with E-state index in [1.54, 1.807) is 6.08 Å². The Kier molecular flexibility index (Phi) is 7.20. The topological polar surface area (TPSA) is 0 Å². The van der Waals surface area contributed by atoms with Crippen molar-refractivity contribution in [1.82, 2.24) is 0 Å². The maximum atomic E-state index is 13.7. The van der Waals surface area contributed by atoms with Gasteiger partial charge in [0.2, 0.25) is 0 Å². The molecular formula is C25H30F2. The van der Waals surface area contributed by atoms with Crippen LogP contribution in [0.1, 0.15) is 80.9 Å². The van der Waals surface area contributed by atoms with Crippen molar-refractivity contribution in [3.05, 3.63) is 70.8 Å². The molecule has 0 nitrogen and oxygen atoms in total. The third-order valence-electron chi connectivity index (χ3n) is 5.89.